The van der Waals surface area contributed by atoms with Crippen LogP contribution in [0.1, 0.15) is 22.3 Å². The normalized spacial score (nSPS) is 11.0. The fourth-order valence-corrected chi connectivity index (χ4v) is 3.66. The van der Waals surface area contributed by atoms with Gasteiger partial charge in [0.25, 0.3) is 0 Å². The van der Waals surface area contributed by atoms with Crippen LogP contribution in [-0.2, 0) is 4.74 Å². The Kier molecular flexibility index (Phi) is 6.58. The summed E-state index contributed by atoms with van der Waals surface area (Å²) in [7, 11) is 0. The molecule has 0 amide bonds. The number of aromatic nitrogens is 1. The lowest BCUT2D eigenvalue weighted by Crippen LogP contribution is -2.07. The average Bonchev–Trinajstić information content (AvgIpc) is 3.19. The minimum absolute atomic E-state index is 0.296. The minimum Gasteiger partial charge on any atom is -0.462 e. The molecular formula is C21H16BrN3O2S. The number of nitrogens with one attached hydrogen (secondary N) is 1. The van der Waals surface area contributed by atoms with Gasteiger partial charge in [-0.3, -0.25) is 0 Å². The second kappa shape index (κ2) is 9.31. The van der Waals surface area contributed by atoms with Gasteiger partial charge in [0.1, 0.15) is 16.6 Å². The molecule has 0 spiro atoms. The summed E-state index contributed by atoms with van der Waals surface area (Å²) in [5.41, 5.74) is 3.12. The van der Waals surface area contributed by atoms with Crippen LogP contribution in [0.4, 0.5) is 5.69 Å². The Morgan fingerprint density at radius 2 is 2.14 bits per heavy atom. The van der Waals surface area contributed by atoms with E-state index in [1.165, 1.54) is 11.3 Å². The molecule has 1 aromatic heterocycles. The number of hydrogen-bond donors (Lipinski definition) is 1. The Morgan fingerprint density at radius 3 is 2.89 bits per heavy atom. The van der Waals surface area contributed by atoms with Crippen LogP contribution in [0, 0.1) is 11.3 Å². The summed E-state index contributed by atoms with van der Waals surface area (Å²) in [4.78, 5) is 16.6. The number of esters is 1. The molecule has 0 radical (unpaired) electrons. The number of halogens is 1. The molecule has 7 heteroatoms. The van der Waals surface area contributed by atoms with E-state index in [1.807, 2.05) is 29.6 Å². The molecule has 0 aliphatic carbocycles. The third kappa shape index (κ3) is 4.66. The van der Waals surface area contributed by atoms with Crippen molar-refractivity contribution in [3.63, 3.8) is 0 Å². The van der Waals surface area contributed by atoms with E-state index in [9.17, 15) is 10.1 Å². The maximum absolute atomic E-state index is 12.1. The van der Waals surface area contributed by atoms with Crippen LogP contribution in [0.15, 0.2) is 64.6 Å². The number of nitriles is 1. The van der Waals surface area contributed by atoms with Gasteiger partial charge in [-0.15, -0.1) is 11.3 Å². The molecule has 0 saturated carbocycles. The van der Waals surface area contributed by atoms with E-state index in [1.54, 1.807) is 37.4 Å². The van der Waals surface area contributed by atoms with Gasteiger partial charge >= 0.3 is 5.97 Å². The van der Waals surface area contributed by atoms with Crippen molar-refractivity contribution >= 4 is 44.5 Å². The number of nitrogens with zero attached hydrogens (tertiary/aromatic N) is 2. The van der Waals surface area contributed by atoms with Crippen LogP contribution in [0.5, 0.6) is 0 Å². The number of carbonyl (C=O) groups excluding carboxylic acids is 1. The van der Waals surface area contributed by atoms with Gasteiger partial charge < -0.3 is 10.1 Å². The van der Waals surface area contributed by atoms with Crippen LogP contribution >= 0.6 is 27.3 Å². The monoisotopic (exact) mass is 453 g/mol. The van der Waals surface area contributed by atoms with E-state index in [2.05, 4.69) is 32.3 Å². The fraction of sp³-hybridized carbons (Fsp3) is 0.0952. The van der Waals surface area contributed by atoms with Crippen molar-refractivity contribution < 1.29 is 9.53 Å². The van der Waals surface area contributed by atoms with Crippen LogP contribution in [0.3, 0.4) is 0 Å². The Balaban J connectivity index is 1.85. The van der Waals surface area contributed by atoms with E-state index >= 15 is 0 Å². The SMILES string of the molecule is CCOC(=O)c1ccccc1NC=C(C#N)c1nc(-c2cccc(Br)c2)cs1. The minimum atomic E-state index is -0.413. The third-order valence-electron chi connectivity index (χ3n) is 3.77. The predicted octanol–water partition coefficient (Wildman–Crippen LogP) is 5.73. The molecular weight excluding hydrogens is 438 g/mol. The number of thiazole rings is 1. The summed E-state index contributed by atoms with van der Waals surface area (Å²) in [6, 6.07) is 17.0. The number of anilines is 1. The molecule has 28 heavy (non-hydrogen) atoms. The topological polar surface area (TPSA) is 75.0 Å². The van der Waals surface area contributed by atoms with Gasteiger partial charge in [-0.2, -0.15) is 5.26 Å². The van der Waals surface area contributed by atoms with E-state index in [0.717, 1.165) is 15.7 Å². The molecule has 5 nitrogen and oxygen atoms in total. The highest BCUT2D eigenvalue weighted by molar-refractivity contribution is 9.10. The van der Waals surface area contributed by atoms with Crippen molar-refractivity contribution in [1.82, 2.24) is 4.98 Å². The molecule has 0 aliphatic heterocycles. The first kappa shape index (κ1) is 19.8. The summed E-state index contributed by atoms with van der Waals surface area (Å²) < 4.78 is 6.04. The molecule has 0 atom stereocenters. The van der Waals surface area contributed by atoms with Crippen molar-refractivity contribution in [2.24, 2.45) is 0 Å². The molecule has 3 rings (SSSR count). The summed E-state index contributed by atoms with van der Waals surface area (Å²) in [6.07, 6.45) is 1.56. The number of hydrogen-bond acceptors (Lipinski definition) is 6. The van der Waals surface area contributed by atoms with Crippen LogP contribution < -0.4 is 5.32 Å². The second-order valence-corrected chi connectivity index (χ2v) is 7.40. The fourth-order valence-electron chi connectivity index (χ4n) is 2.47. The van der Waals surface area contributed by atoms with Gasteiger partial charge in [0.2, 0.25) is 0 Å². The second-order valence-electron chi connectivity index (χ2n) is 5.63. The molecule has 0 unspecified atom stereocenters. The highest BCUT2D eigenvalue weighted by Crippen LogP contribution is 2.28. The zero-order valence-electron chi connectivity index (χ0n) is 15.0. The molecule has 0 saturated heterocycles. The molecule has 1 N–H and O–H groups in total. The van der Waals surface area contributed by atoms with Gasteiger partial charge in [0.15, 0.2) is 0 Å². The van der Waals surface area contributed by atoms with Crippen molar-refractivity contribution in [2.45, 2.75) is 6.92 Å². The zero-order valence-corrected chi connectivity index (χ0v) is 17.4. The highest BCUT2D eigenvalue weighted by Gasteiger charge is 2.13. The summed E-state index contributed by atoms with van der Waals surface area (Å²) in [5, 5.41) is 15.1. The maximum Gasteiger partial charge on any atom is 0.340 e. The lowest BCUT2D eigenvalue weighted by Gasteiger charge is -2.08. The average molecular weight is 454 g/mol. The van der Waals surface area contributed by atoms with Crippen LogP contribution in [0.25, 0.3) is 16.8 Å². The first-order valence-electron chi connectivity index (χ1n) is 8.47. The van der Waals surface area contributed by atoms with Gasteiger partial charge in [0.05, 0.1) is 23.6 Å². The number of para-hydroxylation sites is 1. The summed E-state index contributed by atoms with van der Waals surface area (Å²) >= 11 is 4.84. The third-order valence-corrected chi connectivity index (χ3v) is 5.14. The van der Waals surface area contributed by atoms with Crippen LogP contribution in [-0.4, -0.2) is 17.6 Å². The zero-order chi connectivity index (χ0) is 19.9. The Hall–Kier alpha value is -2.95. The number of benzene rings is 2. The molecule has 2 aromatic carbocycles. The van der Waals surface area contributed by atoms with Gasteiger partial charge in [0, 0.05) is 21.6 Å². The molecule has 1 heterocycles. The molecule has 0 fully saturated rings. The smallest absolute Gasteiger partial charge is 0.340 e. The lowest BCUT2D eigenvalue weighted by molar-refractivity contribution is 0.0527. The van der Waals surface area contributed by atoms with E-state index < -0.39 is 5.97 Å². The van der Waals surface area contributed by atoms with Gasteiger partial charge in [-0.25, -0.2) is 9.78 Å². The number of allylic oxidation sites excluding steroid dienone is 1. The Bertz CT molecular complexity index is 1070. The first-order valence-corrected chi connectivity index (χ1v) is 10.1. The summed E-state index contributed by atoms with van der Waals surface area (Å²) in [5.74, 6) is -0.413. The molecule has 3 aromatic rings. The Labute approximate surface area is 175 Å². The molecule has 0 bridgehead atoms. The van der Waals surface area contributed by atoms with Crippen LogP contribution in [0.2, 0.25) is 0 Å². The predicted molar refractivity (Wildman–Crippen MR) is 115 cm³/mol. The van der Waals surface area contributed by atoms with E-state index in [-0.39, 0.29) is 0 Å². The largest absolute Gasteiger partial charge is 0.462 e. The van der Waals surface area contributed by atoms with Crippen molar-refractivity contribution in [3.8, 4) is 17.3 Å². The number of rotatable bonds is 6. The molecule has 140 valence electrons. The van der Waals surface area contributed by atoms with Crippen molar-refractivity contribution in [2.75, 3.05) is 11.9 Å². The van der Waals surface area contributed by atoms with Crippen molar-refractivity contribution in [1.29, 1.82) is 5.26 Å². The van der Waals surface area contributed by atoms with E-state index in [0.29, 0.717) is 28.4 Å². The highest BCUT2D eigenvalue weighted by atomic mass is 79.9. The Morgan fingerprint density at radius 1 is 1.32 bits per heavy atom. The number of ether oxygens (including phenoxy) is 1. The maximum atomic E-state index is 12.1. The summed E-state index contributed by atoms with van der Waals surface area (Å²) in [6.45, 7) is 2.05. The number of carbonyl (C=O) groups is 1. The lowest BCUT2D eigenvalue weighted by atomic mass is 10.1. The van der Waals surface area contributed by atoms with E-state index in [4.69, 9.17) is 4.74 Å². The quantitative estimate of drug-likeness (QED) is 0.381. The van der Waals surface area contributed by atoms with Gasteiger partial charge in [-0.1, -0.05) is 40.2 Å². The first-order chi connectivity index (χ1) is 13.6. The molecule has 0 aliphatic rings. The standard InChI is InChI=1S/C21H16BrN3O2S/c1-2-27-21(26)17-8-3-4-9-18(17)24-12-15(11-23)20-25-19(13-28-20)14-6-5-7-16(22)10-14/h3-10,12-13,24H,2H2,1H3. The van der Waals surface area contributed by atoms with Gasteiger partial charge in [-0.05, 0) is 31.2 Å². The van der Waals surface area contributed by atoms with Crippen molar-refractivity contribution in [3.05, 3.63) is 75.2 Å².